The van der Waals surface area contributed by atoms with Gasteiger partial charge in [0.25, 0.3) is 0 Å². The van der Waals surface area contributed by atoms with Gasteiger partial charge in [0.2, 0.25) is 5.56 Å². The molecule has 0 unspecified atom stereocenters. The first-order valence-electron chi connectivity index (χ1n) is 3.19. The van der Waals surface area contributed by atoms with Crippen LogP contribution in [0.2, 0.25) is 0 Å². The van der Waals surface area contributed by atoms with Crippen molar-refractivity contribution in [2.75, 3.05) is 0 Å². The maximum Gasteiger partial charge on any atom is 0.329 e. The van der Waals surface area contributed by atoms with E-state index < -0.39 is 13.8 Å². The van der Waals surface area contributed by atoms with Crippen LogP contribution in [0.3, 0.4) is 0 Å². The lowest BCUT2D eigenvalue weighted by Gasteiger charge is -2.01. The maximum atomic E-state index is 10.7. The van der Waals surface area contributed by atoms with Gasteiger partial charge < -0.3 is 14.8 Å². The zero-order chi connectivity index (χ0) is 9.19. The second-order valence-electron chi connectivity index (χ2n) is 2.38. The van der Waals surface area contributed by atoms with Gasteiger partial charge in [-0.1, -0.05) is 0 Å². The van der Waals surface area contributed by atoms with Crippen LogP contribution in [0.4, 0.5) is 0 Å². The summed E-state index contributed by atoms with van der Waals surface area (Å²) >= 11 is 0. The molecule has 0 aromatic carbocycles. The molecule has 1 aromatic heterocycles. The minimum atomic E-state index is -4.06. The first-order valence-corrected chi connectivity index (χ1v) is 4.99. The normalized spacial score (nSPS) is 11.5. The number of rotatable bonds is 2. The summed E-state index contributed by atoms with van der Waals surface area (Å²) in [6, 6.07) is 2.62. The van der Waals surface area contributed by atoms with Crippen LogP contribution in [-0.2, 0) is 10.7 Å². The third-order valence-electron chi connectivity index (χ3n) is 1.23. The first kappa shape index (κ1) is 9.19. The molecule has 0 saturated carbocycles. The molecule has 1 rings (SSSR count). The molecule has 0 aliphatic heterocycles. The van der Waals surface area contributed by atoms with E-state index in [0.29, 0.717) is 5.56 Å². The van der Waals surface area contributed by atoms with E-state index in [1.54, 1.807) is 0 Å². The van der Waals surface area contributed by atoms with Gasteiger partial charge in [-0.15, -0.1) is 0 Å². The summed E-state index contributed by atoms with van der Waals surface area (Å²) in [6.45, 7) is 0. The van der Waals surface area contributed by atoms with Crippen molar-refractivity contribution < 1.29 is 14.4 Å². The van der Waals surface area contributed by atoms with E-state index in [9.17, 15) is 9.36 Å². The monoisotopic (exact) mass is 189 g/mol. The van der Waals surface area contributed by atoms with Gasteiger partial charge in [0.05, 0.1) is 6.16 Å². The fraction of sp³-hybridized carbons (Fsp3) is 0.167. The van der Waals surface area contributed by atoms with E-state index in [1.807, 2.05) is 0 Å². The molecule has 0 saturated heterocycles. The van der Waals surface area contributed by atoms with Gasteiger partial charge in [-0.25, -0.2) is 0 Å². The summed E-state index contributed by atoms with van der Waals surface area (Å²) in [6.07, 6.45) is 0.963. The largest absolute Gasteiger partial charge is 0.329 e. The summed E-state index contributed by atoms with van der Waals surface area (Å²) in [5.41, 5.74) is -0.0203. The Bertz CT molecular complexity index is 366. The lowest BCUT2D eigenvalue weighted by atomic mass is 10.3. The molecule has 0 fully saturated rings. The standard InChI is InChI=1S/C6H8NO4P/c8-6-3-5(1-2-7-6)4-12(9,10)11/h1-3H,4H2,(H,7,8)(H2,9,10,11). The molecule has 0 amide bonds. The van der Waals surface area contributed by atoms with Crippen LogP contribution < -0.4 is 5.56 Å². The summed E-state index contributed by atoms with van der Waals surface area (Å²) in [5.74, 6) is 0. The lowest BCUT2D eigenvalue weighted by molar-refractivity contribution is 0.371. The van der Waals surface area contributed by atoms with E-state index in [0.717, 1.165) is 0 Å². The maximum absolute atomic E-state index is 10.7. The van der Waals surface area contributed by atoms with Crippen molar-refractivity contribution in [3.05, 3.63) is 34.2 Å². The Morgan fingerprint density at radius 1 is 1.50 bits per heavy atom. The molecular weight excluding hydrogens is 181 g/mol. The van der Waals surface area contributed by atoms with E-state index in [1.165, 1.54) is 18.3 Å². The number of hydrogen-bond acceptors (Lipinski definition) is 2. The van der Waals surface area contributed by atoms with E-state index in [2.05, 4.69) is 4.98 Å². The fourth-order valence-electron chi connectivity index (χ4n) is 0.825. The van der Waals surface area contributed by atoms with Crippen LogP contribution in [-0.4, -0.2) is 14.8 Å². The third-order valence-corrected chi connectivity index (χ3v) is 2.01. The van der Waals surface area contributed by atoms with Gasteiger partial charge in [0.1, 0.15) is 0 Å². The first-order chi connectivity index (χ1) is 5.47. The summed E-state index contributed by atoms with van der Waals surface area (Å²) < 4.78 is 10.5. The van der Waals surface area contributed by atoms with Crippen LogP contribution in [0, 0.1) is 0 Å². The smallest absolute Gasteiger partial charge is 0.329 e. The molecule has 6 heteroatoms. The molecule has 3 N–H and O–H groups in total. The molecule has 0 radical (unpaired) electrons. The predicted molar refractivity (Wildman–Crippen MR) is 42.8 cm³/mol. The Hall–Kier alpha value is -0.900. The van der Waals surface area contributed by atoms with Crippen LogP contribution in [0.25, 0.3) is 0 Å². The van der Waals surface area contributed by atoms with Crippen molar-refractivity contribution in [3.8, 4) is 0 Å². The van der Waals surface area contributed by atoms with Crippen molar-refractivity contribution in [1.82, 2.24) is 4.98 Å². The highest BCUT2D eigenvalue weighted by atomic mass is 31.2. The Kier molecular flexibility index (Phi) is 2.47. The van der Waals surface area contributed by atoms with E-state index in [4.69, 9.17) is 9.79 Å². The second kappa shape index (κ2) is 3.23. The second-order valence-corrected chi connectivity index (χ2v) is 4.03. The van der Waals surface area contributed by atoms with Crippen molar-refractivity contribution in [2.24, 2.45) is 0 Å². The highest BCUT2D eigenvalue weighted by Crippen LogP contribution is 2.38. The Morgan fingerprint density at radius 2 is 2.17 bits per heavy atom. The molecule has 0 spiro atoms. The Balaban J connectivity index is 2.91. The van der Waals surface area contributed by atoms with E-state index in [-0.39, 0.29) is 5.56 Å². The third kappa shape index (κ3) is 3.00. The number of nitrogens with one attached hydrogen (secondary N) is 1. The van der Waals surface area contributed by atoms with Crippen molar-refractivity contribution >= 4 is 7.60 Å². The van der Waals surface area contributed by atoms with Crippen molar-refractivity contribution in [2.45, 2.75) is 6.16 Å². The van der Waals surface area contributed by atoms with Crippen molar-refractivity contribution in [3.63, 3.8) is 0 Å². The van der Waals surface area contributed by atoms with Gasteiger partial charge in [-0.05, 0) is 11.6 Å². The van der Waals surface area contributed by atoms with Gasteiger partial charge in [-0.2, -0.15) is 0 Å². The molecular formula is C6H8NO4P. The molecule has 1 aromatic rings. The van der Waals surface area contributed by atoms with Crippen LogP contribution in [0.5, 0.6) is 0 Å². The SMILES string of the molecule is O=c1cc(CP(=O)(O)O)cc[nH]1. The average molecular weight is 189 g/mol. The molecule has 0 aliphatic carbocycles. The number of aromatic amines is 1. The predicted octanol–water partition coefficient (Wildman–Crippen LogP) is 0.0526. The van der Waals surface area contributed by atoms with Crippen LogP contribution in [0.1, 0.15) is 5.56 Å². The highest BCUT2D eigenvalue weighted by Gasteiger charge is 2.13. The van der Waals surface area contributed by atoms with E-state index >= 15 is 0 Å². The summed E-state index contributed by atoms with van der Waals surface area (Å²) in [7, 11) is -4.06. The van der Waals surface area contributed by atoms with Gasteiger partial charge >= 0.3 is 7.60 Å². The average Bonchev–Trinajstić information content (AvgIpc) is 1.82. The molecule has 1 heterocycles. The zero-order valence-corrected chi connectivity index (χ0v) is 6.99. The number of H-pyrrole nitrogens is 1. The molecule has 66 valence electrons. The molecule has 0 atom stereocenters. The molecule has 12 heavy (non-hydrogen) atoms. The van der Waals surface area contributed by atoms with Crippen molar-refractivity contribution in [1.29, 1.82) is 0 Å². The van der Waals surface area contributed by atoms with Crippen LogP contribution >= 0.6 is 7.60 Å². The molecule has 0 aliphatic rings. The number of aromatic nitrogens is 1. The molecule has 0 bridgehead atoms. The zero-order valence-electron chi connectivity index (χ0n) is 6.10. The Morgan fingerprint density at radius 3 is 2.67 bits per heavy atom. The van der Waals surface area contributed by atoms with Crippen LogP contribution in [0.15, 0.2) is 23.1 Å². The number of hydrogen-bond donors (Lipinski definition) is 3. The van der Waals surface area contributed by atoms with Gasteiger partial charge in [0, 0.05) is 12.3 Å². The molecule has 5 nitrogen and oxygen atoms in total. The number of pyridine rings is 1. The highest BCUT2D eigenvalue weighted by molar-refractivity contribution is 7.50. The minimum Gasteiger partial charge on any atom is -0.329 e. The lowest BCUT2D eigenvalue weighted by Crippen LogP contribution is -2.03. The van der Waals surface area contributed by atoms with Gasteiger partial charge in [-0.3, -0.25) is 9.36 Å². The minimum absolute atomic E-state index is 0.340. The summed E-state index contributed by atoms with van der Waals surface area (Å²) in [4.78, 5) is 30.1. The summed E-state index contributed by atoms with van der Waals surface area (Å²) in [5, 5.41) is 0. The topological polar surface area (TPSA) is 90.4 Å². The Labute approximate surface area is 68.2 Å². The fourth-order valence-corrected chi connectivity index (χ4v) is 1.50. The quantitative estimate of drug-likeness (QED) is 0.573. The van der Waals surface area contributed by atoms with Gasteiger partial charge in [0.15, 0.2) is 0 Å².